The molecular weight excluding hydrogens is 379 g/mol. The number of nitrogens with zero attached hydrogens (tertiary/aromatic N) is 2. The second kappa shape index (κ2) is 10.6. The number of pyridine rings is 2. The number of hydrogen-bond acceptors (Lipinski definition) is 5. The van der Waals surface area contributed by atoms with E-state index in [9.17, 15) is 4.79 Å². The fourth-order valence-electron chi connectivity index (χ4n) is 2.96. The van der Waals surface area contributed by atoms with Crippen molar-refractivity contribution in [3.63, 3.8) is 0 Å². The van der Waals surface area contributed by atoms with E-state index in [-0.39, 0.29) is 36.6 Å². The number of halogens is 2. The average Bonchev–Trinajstić information content (AvgIpc) is 3.05. The Hall–Kier alpha value is -1.34. The zero-order chi connectivity index (χ0) is 16.1. The van der Waals surface area contributed by atoms with Crippen molar-refractivity contribution < 1.29 is 4.79 Å². The number of anilines is 1. The Morgan fingerprint density at radius 2 is 1.96 bits per heavy atom. The normalized spacial score (nSPS) is 18.8. The van der Waals surface area contributed by atoms with Crippen LogP contribution in [0.5, 0.6) is 0 Å². The zero-order valence-electron chi connectivity index (χ0n) is 13.6. The summed E-state index contributed by atoms with van der Waals surface area (Å²) in [6, 6.07) is 9.44. The van der Waals surface area contributed by atoms with Gasteiger partial charge in [-0.2, -0.15) is 0 Å². The Labute approximate surface area is 164 Å². The molecule has 2 aromatic rings. The van der Waals surface area contributed by atoms with Gasteiger partial charge in [-0.25, -0.2) is 9.97 Å². The molecule has 0 spiro atoms. The van der Waals surface area contributed by atoms with Crippen LogP contribution in [0.25, 0.3) is 0 Å². The van der Waals surface area contributed by atoms with Gasteiger partial charge in [-0.3, -0.25) is 4.79 Å². The van der Waals surface area contributed by atoms with Gasteiger partial charge in [-0.1, -0.05) is 24.2 Å². The van der Waals surface area contributed by atoms with Crippen LogP contribution in [-0.4, -0.2) is 22.4 Å². The molecule has 0 aromatic carbocycles. The first-order valence-electron chi connectivity index (χ1n) is 7.82. The number of rotatable bonds is 5. The van der Waals surface area contributed by atoms with Crippen LogP contribution in [0.1, 0.15) is 19.3 Å². The molecule has 1 aliphatic carbocycles. The van der Waals surface area contributed by atoms with Crippen molar-refractivity contribution in [3.05, 3.63) is 42.7 Å². The monoisotopic (exact) mass is 400 g/mol. The first-order valence-corrected chi connectivity index (χ1v) is 8.64. The topological polar surface area (TPSA) is 80.9 Å². The summed E-state index contributed by atoms with van der Waals surface area (Å²) < 4.78 is 0. The number of carbonyl (C=O) groups excluding carboxylic acids is 1. The first-order chi connectivity index (χ1) is 11.3. The lowest BCUT2D eigenvalue weighted by atomic mass is 9.95. The molecule has 8 heteroatoms. The van der Waals surface area contributed by atoms with Gasteiger partial charge in [0, 0.05) is 24.0 Å². The molecule has 2 heterocycles. The van der Waals surface area contributed by atoms with Crippen LogP contribution in [0.3, 0.4) is 0 Å². The minimum absolute atomic E-state index is 0. The van der Waals surface area contributed by atoms with E-state index < -0.39 is 0 Å². The van der Waals surface area contributed by atoms with E-state index in [1.54, 1.807) is 12.4 Å². The molecule has 0 unspecified atom stereocenters. The molecule has 136 valence electrons. The third kappa shape index (κ3) is 5.85. The van der Waals surface area contributed by atoms with Gasteiger partial charge in [-0.05, 0) is 49.6 Å². The molecule has 1 fully saturated rings. The molecule has 3 N–H and O–H groups in total. The largest absolute Gasteiger partial charge is 0.330 e. The number of amides is 1. The summed E-state index contributed by atoms with van der Waals surface area (Å²) >= 11 is 1.47. The molecule has 0 bridgehead atoms. The van der Waals surface area contributed by atoms with E-state index in [0.717, 1.165) is 35.0 Å². The second-order valence-corrected chi connectivity index (χ2v) is 6.72. The van der Waals surface area contributed by atoms with Gasteiger partial charge >= 0.3 is 0 Å². The summed E-state index contributed by atoms with van der Waals surface area (Å²) in [5.41, 5.74) is 6.53. The molecule has 2 atom stereocenters. The zero-order valence-corrected chi connectivity index (χ0v) is 16.1. The molecular formula is C17H22Cl2N4OS. The summed E-state index contributed by atoms with van der Waals surface area (Å²) in [6.07, 6.45) is 6.51. The van der Waals surface area contributed by atoms with Gasteiger partial charge in [0.05, 0.1) is 0 Å². The van der Waals surface area contributed by atoms with Crippen molar-refractivity contribution in [3.8, 4) is 0 Å². The number of nitrogens with two attached hydrogens (primary N) is 1. The van der Waals surface area contributed by atoms with E-state index in [0.29, 0.717) is 12.5 Å². The molecule has 1 aliphatic rings. The summed E-state index contributed by atoms with van der Waals surface area (Å²) in [6.45, 7) is 0.579. The van der Waals surface area contributed by atoms with Gasteiger partial charge in [0.1, 0.15) is 10.1 Å². The minimum atomic E-state index is 0. The maximum absolute atomic E-state index is 12.4. The molecule has 0 aliphatic heterocycles. The highest BCUT2D eigenvalue weighted by atomic mass is 35.5. The summed E-state index contributed by atoms with van der Waals surface area (Å²) in [4.78, 5) is 21.0. The van der Waals surface area contributed by atoms with Crippen LogP contribution in [0.2, 0.25) is 0 Å². The Balaban J connectivity index is 0.00000156. The summed E-state index contributed by atoms with van der Waals surface area (Å²) in [5, 5.41) is 4.69. The van der Waals surface area contributed by atoms with Crippen molar-refractivity contribution in [1.82, 2.24) is 9.97 Å². The Morgan fingerprint density at radius 1 is 1.16 bits per heavy atom. The quantitative estimate of drug-likeness (QED) is 0.797. The van der Waals surface area contributed by atoms with Gasteiger partial charge in [0.25, 0.3) is 0 Å². The molecule has 3 rings (SSSR count). The van der Waals surface area contributed by atoms with Crippen LogP contribution >= 0.6 is 36.6 Å². The van der Waals surface area contributed by atoms with Crippen LogP contribution in [0.4, 0.5) is 5.69 Å². The van der Waals surface area contributed by atoms with E-state index in [2.05, 4.69) is 15.3 Å². The van der Waals surface area contributed by atoms with E-state index >= 15 is 0 Å². The Morgan fingerprint density at radius 3 is 2.68 bits per heavy atom. The molecule has 0 radical (unpaired) electrons. The maximum atomic E-state index is 12.4. The highest BCUT2D eigenvalue weighted by molar-refractivity contribution is 7.99. The molecule has 0 saturated heterocycles. The minimum Gasteiger partial charge on any atom is -0.330 e. The van der Waals surface area contributed by atoms with Crippen molar-refractivity contribution >= 4 is 48.2 Å². The molecule has 1 saturated carbocycles. The van der Waals surface area contributed by atoms with Crippen molar-refractivity contribution in [1.29, 1.82) is 0 Å². The summed E-state index contributed by atoms with van der Waals surface area (Å²) in [7, 11) is 0. The Kier molecular flexibility index (Phi) is 9.21. The average molecular weight is 401 g/mol. The van der Waals surface area contributed by atoms with Gasteiger partial charge < -0.3 is 11.1 Å². The summed E-state index contributed by atoms with van der Waals surface area (Å²) in [5.74, 6) is 0.400. The first kappa shape index (κ1) is 21.7. The van der Waals surface area contributed by atoms with Crippen molar-refractivity contribution in [2.24, 2.45) is 17.6 Å². The number of nitrogens with one attached hydrogen (secondary N) is 1. The van der Waals surface area contributed by atoms with Gasteiger partial charge in [0.15, 0.2) is 0 Å². The highest BCUT2D eigenvalue weighted by Crippen LogP contribution is 2.32. The lowest BCUT2D eigenvalue weighted by molar-refractivity contribution is -0.120. The van der Waals surface area contributed by atoms with E-state index in [4.69, 9.17) is 5.73 Å². The van der Waals surface area contributed by atoms with Gasteiger partial charge in [0.2, 0.25) is 5.91 Å². The smallest absolute Gasteiger partial charge is 0.227 e. The predicted molar refractivity (Wildman–Crippen MR) is 106 cm³/mol. The predicted octanol–water partition coefficient (Wildman–Crippen LogP) is 3.78. The van der Waals surface area contributed by atoms with Crippen molar-refractivity contribution in [2.75, 3.05) is 11.9 Å². The molecule has 2 aromatic heterocycles. The fourth-order valence-corrected chi connectivity index (χ4v) is 3.73. The van der Waals surface area contributed by atoms with E-state index in [1.807, 2.05) is 30.3 Å². The van der Waals surface area contributed by atoms with Crippen LogP contribution in [0, 0.1) is 11.8 Å². The third-order valence-corrected chi connectivity index (χ3v) is 5.03. The standard InChI is InChI=1S/C17H20N4OS.2ClH/c18-11-12-4-3-5-14(12)17(22)21-13-7-9-20-16(10-13)23-15-6-1-2-8-19-15;;/h1-2,6-10,12,14H,3-5,11,18H2,(H,20,21,22);2*1H/t12-,14-;;/m1../s1. The lowest BCUT2D eigenvalue weighted by Gasteiger charge is -2.17. The van der Waals surface area contributed by atoms with Crippen LogP contribution in [0.15, 0.2) is 52.8 Å². The Bertz CT molecular complexity index is 675. The van der Waals surface area contributed by atoms with Crippen molar-refractivity contribution in [2.45, 2.75) is 29.3 Å². The lowest BCUT2D eigenvalue weighted by Crippen LogP contribution is -2.29. The second-order valence-electron chi connectivity index (χ2n) is 5.68. The molecule has 1 amide bonds. The highest BCUT2D eigenvalue weighted by Gasteiger charge is 2.31. The van der Waals surface area contributed by atoms with Crippen LogP contribution < -0.4 is 11.1 Å². The van der Waals surface area contributed by atoms with E-state index in [1.165, 1.54) is 11.8 Å². The SMILES string of the molecule is Cl.Cl.NC[C@H]1CCC[C@H]1C(=O)Nc1ccnc(Sc2ccccn2)c1. The molecule has 5 nitrogen and oxygen atoms in total. The number of aromatic nitrogens is 2. The van der Waals surface area contributed by atoms with Crippen LogP contribution in [-0.2, 0) is 4.79 Å². The number of hydrogen-bond donors (Lipinski definition) is 2. The molecule has 25 heavy (non-hydrogen) atoms. The third-order valence-electron chi connectivity index (χ3n) is 4.15. The maximum Gasteiger partial charge on any atom is 0.227 e. The van der Waals surface area contributed by atoms with Gasteiger partial charge in [-0.15, -0.1) is 24.8 Å². The fraction of sp³-hybridized carbons (Fsp3) is 0.353. The number of carbonyl (C=O) groups is 1.